The van der Waals surface area contributed by atoms with Crippen LogP contribution in [0.1, 0.15) is 10.8 Å². The van der Waals surface area contributed by atoms with E-state index >= 15 is 0 Å². The summed E-state index contributed by atoms with van der Waals surface area (Å²) in [7, 11) is 0. The first-order chi connectivity index (χ1) is 9.08. The topological polar surface area (TPSA) is 104 Å². The second-order valence-corrected chi connectivity index (χ2v) is 5.07. The van der Waals surface area contributed by atoms with Crippen LogP contribution in [0, 0.1) is 5.82 Å². The fraction of sp³-hybridized carbons (Fsp3) is 0.167. The van der Waals surface area contributed by atoms with Crippen molar-refractivity contribution < 1.29 is 4.39 Å². The van der Waals surface area contributed by atoms with Crippen LogP contribution < -0.4 is 17.2 Å². The first-order valence-corrected chi connectivity index (χ1v) is 6.48. The predicted octanol–water partition coefficient (Wildman–Crippen LogP) is 1.57. The summed E-state index contributed by atoms with van der Waals surface area (Å²) in [5, 5.41) is 0.272. The molecule has 0 fully saturated rings. The van der Waals surface area contributed by atoms with E-state index in [2.05, 4.69) is 9.97 Å². The van der Waals surface area contributed by atoms with Gasteiger partial charge >= 0.3 is 0 Å². The lowest BCUT2D eigenvalue weighted by atomic mass is 10.1. The zero-order chi connectivity index (χ0) is 13.8. The molecule has 0 aliphatic rings. The minimum absolute atomic E-state index is 0.156. The maximum absolute atomic E-state index is 13.2. The number of hydrogen-bond acceptors (Lipinski definition) is 6. The number of halogens is 1. The van der Waals surface area contributed by atoms with Gasteiger partial charge in [0.15, 0.2) is 5.16 Å². The van der Waals surface area contributed by atoms with Crippen molar-refractivity contribution in [1.82, 2.24) is 9.97 Å². The van der Waals surface area contributed by atoms with Crippen LogP contribution in [0.4, 0.5) is 16.0 Å². The van der Waals surface area contributed by atoms with Gasteiger partial charge in [-0.15, -0.1) is 0 Å². The van der Waals surface area contributed by atoms with Gasteiger partial charge in [0.05, 0.1) is 0 Å². The molecule has 1 unspecified atom stereocenters. The van der Waals surface area contributed by atoms with E-state index in [0.717, 1.165) is 5.56 Å². The minimum Gasteiger partial charge on any atom is -0.383 e. The highest BCUT2D eigenvalue weighted by Gasteiger charge is 2.14. The molecule has 2 aromatic rings. The number of hydrogen-bond donors (Lipinski definition) is 3. The van der Waals surface area contributed by atoms with Gasteiger partial charge in [-0.25, -0.2) is 14.4 Å². The highest BCUT2D eigenvalue weighted by atomic mass is 32.2. The molecule has 5 nitrogen and oxygen atoms in total. The maximum Gasteiger partial charge on any atom is 0.192 e. The van der Waals surface area contributed by atoms with Crippen LogP contribution in [0.2, 0.25) is 0 Å². The molecule has 7 heteroatoms. The Bertz CT molecular complexity index is 558. The third kappa shape index (κ3) is 3.55. The van der Waals surface area contributed by atoms with E-state index in [1.54, 1.807) is 6.07 Å². The van der Waals surface area contributed by atoms with Crippen molar-refractivity contribution in [3.05, 3.63) is 41.7 Å². The molecule has 100 valence electrons. The van der Waals surface area contributed by atoms with E-state index in [-0.39, 0.29) is 11.1 Å². The summed E-state index contributed by atoms with van der Waals surface area (Å²) < 4.78 is 13.2. The maximum atomic E-state index is 13.2. The van der Waals surface area contributed by atoms with Crippen molar-refractivity contribution in [3.8, 4) is 0 Å². The Labute approximate surface area is 114 Å². The molecule has 0 aliphatic carbocycles. The lowest BCUT2D eigenvalue weighted by Gasteiger charge is -2.14. The van der Waals surface area contributed by atoms with Gasteiger partial charge in [-0.1, -0.05) is 23.9 Å². The summed E-state index contributed by atoms with van der Waals surface area (Å²) in [6.45, 7) is 0.326. The van der Waals surface area contributed by atoms with Crippen molar-refractivity contribution in [1.29, 1.82) is 0 Å². The molecule has 0 saturated heterocycles. The fourth-order valence-electron chi connectivity index (χ4n) is 1.60. The van der Waals surface area contributed by atoms with Gasteiger partial charge in [0.1, 0.15) is 17.5 Å². The van der Waals surface area contributed by atoms with E-state index in [0.29, 0.717) is 23.3 Å². The molecule has 0 bridgehead atoms. The van der Waals surface area contributed by atoms with Crippen LogP contribution in [0.3, 0.4) is 0 Å². The van der Waals surface area contributed by atoms with E-state index in [1.807, 2.05) is 6.07 Å². The van der Waals surface area contributed by atoms with Gasteiger partial charge < -0.3 is 17.2 Å². The molecule has 2 rings (SSSR count). The van der Waals surface area contributed by atoms with Gasteiger partial charge in [0.25, 0.3) is 0 Å². The highest BCUT2D eigenvalue weighted by molar-refractivity contribution is 7.99. The standard InChI is InChI=1S/C12H14FN5S/c13-8-3-1-2-7(4-8)9(6-14)19-12-17-10(15)5-11(16)18-12/h1-5,9H,6,14H2,(H4,15,16,17,18). The summed E-state index contributed by atoms with van der Waals surface area (Å²) in [6.07, 6.45) is 0. The summed E-state index contributed by atoms with van der Waals surface area (Å²) in [5.41, 5.74) is 17.7. The molecule has 6 N–H and O–H groups in total. The number of benzene rings is 1. The Morgan fingerprint density at radius 2 is 1.84 bits per heavy atom. The molecule has 1 aromatic carbocycles. The van der Waals surface area contributed by atoms with E-state index in [9.17, 15) is 4.39 Å². The lowest BCUT2D eigenvalue weighted by molar-refractivity contribution is 0.625. The molecule has 0 spiro atoms. The number of thioether (sulfide) groups is 1. The van der Waals surface area contributed by atoms with Crippen molar-refractivity contribution in [3.63, 3.8) is 0 Å². The van der Waals surface area contributed by atoms with Gasteiger partial charge in [-0.05, 0) is 17.7 Å². The van der Waals surface area contributed by atoms with Gasteiger partial charge in [-0.3, -0.25) is 0 Å². The first kappa shape index (κ1) is 13.6. The van der Waals surface area contributed by atoms with E-state index < -0.39 is 0 Å². The predicted molar refractivity (Wildman–Crippen MR) is 74.9 cm³/mol. The summed E-state index contributed by atoms with van der Waals surface area (Å²) in [5.74, 6) is 0.291. The van der Waals surface area contributed by atoms with Gasteiger partial charge in [-0.2, -0.15) is 0 Å². The molecule has 1 atom stereocenters. The monoisotopic (exact) mass is 279 g/mol. The summed E-state index contributed by atoms with van der Waals surface area (Å²) >= 11 is 1.30. The van der Waals surface area contributed by atoms with Crippen LogP contribution in [0.5, 0.6) is 0 Å². The second kappa shape index (κ2) is 5.85. The third-order valence-corrected chi connectivity index (χ3v) is 3.57. The Balaban J connectivity index is 2.23. The van der Waals surface area contributed by atoms with Gasteiger partial charge in [0.2, 0.25) is 0 Å². The first-order valence-electron chi connectivity index (χ1n) is 5.60. The van der Waals surface area contributed by atoms with Crippen LogP contribution in [-0.4, -0.2) is 16.5 Å². The van der Waals surface area contributed by atoms with Crippen molar-refractivity contribution in [2.75, 3.05) is 18.0 Å². The normalized spacial score (nSPS) is 12.3. The quantitative estimate of drug-likeness (QED) is 0.579. The lowest BCUT2D eigenvalue weighted by Crippen LogP contribution is -2.10. The Kier molecular flexibility index (Phi) is 4.18. The number of anilines is 2. The molecule has 19 heavy (non-hydrogen) atoms. The number of nitrogens with zero attached hydrogens (tertiary/aromatic N) is 2. The molecule has 0 amide bonds. The Hall–Kier alpha value is -1.86. The summed E-state index contributed by atoms with van der Waals surface area (Å²) in [6, 6.07) is 7.76. The number of nitrogen functional groups attached to an aromatic ring is 2. The van der Waals surface area contributed by atoms with Crippen molar-refractivity contribution in [2.24, 2.45) is 5.73 Å². The molecule has 1 aromatic heterocycles. The molecular formula is C12H14FN5S. The van der Waals surface area contributed by atoms with Crippen molar-refractivity contribution >= 4 is 23.4 Å². The Morgan fingerprint density at radius 3 is 2.42 bits per heavy atom. The minimum atomic E-state index is -0.301. The van der Waals surface area contributed by atoms with E-state index in [4.69, 9.17) is 17.2 Å². The van der Waals surface area contributed by atoms with Gasteiger partial charge in [0, 0.05) is 17.9 Å². The van der Waals surface area contributed by atoms with Crippen LogP contribution in [-0.2, 0) is 0 Å². The fourth-order valence-corrected chi connectivity index (χ4v) is 2.55. The van der Waals surface area contributed by atoms with Crippen LogP contribution in [0.25, 0.3) is 0 Å². The average molecular weight is 279 g/mol. The smallest absolute Gasteiger partial charge is 0.192 e. The molecule has 1 heterocycles. The molecule has 0 radical (unpaired) electrons. The molecule has 0 saturated carbocycles. The number of rotatable bonds is 4. The van der Waals surface area contributed by atoms with Crippen LogP contribution >= 0.6 is 11.8 Å². The van der Waals surface area contributed by atoms with Crippen molar-refractivity contribution in [2.45, 2.75) is 10.4 Å². The third-order valence-electron chi connectivity index (χ3n) is 2.43. The zero-order valence-corrected chi connectivity index (χ0v) is 10.9. The number of aromatic nitrogens is 2. The second-order valence-electron chi connectivity index (χ2n) is 3.90. The number of nitrogens with two attached hydrogens (primary N) is 3. The molecular weight excluding hydrogens is 265 g/mol. The highest BCUT2D eigenvalue weighted by Crippen LogP contribution is 2.33. The summed E-state index contributed by atoms with van der Waals surface area (Å²) in [4.78, 5) is 8.14. The Morgan fingerprint density at radius 1 is 1.16 bits per heavy atom. The largest absolute Gasteiger partial charge is 0.383 e. The SMILES string of the molecule is NCC(Sc1nc(N)cc(N)n1)c1cccc(F)c1. The van der Waals surface area contributed by atoms with Crippen LogP contribution in [0.15, 0.2) is 35.5 Å². The molecule has 0 aliphatic heterocycles. The zero-order valence-electron chi connectivity index (χ0n) is 10.1. The van der Waals surface area contributed by atoms with E-state index in [1.165, 1.54) is 30.0 Å². The average Bonchev–Trinajstić information content (AvgIpc) is 2.34.